The van der Waals surface area contributed by atoms with Gasteiger partial charge in [0.05, 0.1) is 29.0 Å². The van der Waals surface area contributed by atoms with E-state index in [1.54, 1.807) is 4.68 Å². The molecule has 1 aliphatic rings. The number of aromatic nitrogens is 4. The van der Waals surface area contributed by atoms with Crippen LogP contribution < -0.4 is 10.9 Å². The average Bonchev–Trinajstić information content (AvgIpc) is 2.91. The molecule has 1 amide bonds. The Kier molecular flexibility index (Phi) is 5.97. The third-order valence-electron chi connectivity index (χ3n) is 5.96. The van der Waals surface area contributed by atoms with Gasteiger partial charge in [-0.25, -0.2) is 9.36 Å². The molecule has 30 heavy (non-hydrogen) atoms. The van der Waals surface area contributed by atoms with Crippen molar-refractivity contribution < 1.29 is 4.79 Å². The molecule has 0 unspecified atom stereocenters. The summed E-state index contributed by atoms with van der Waals surface area (Å²) >= 11 is 0. The van der Waals surface area contributed by atoms with E-state index in [1.807, 2.05) is 44.2 Å². The van der Waals surface area contributed by atoms with Crippen molar-refractivity contribution >= 4 is 16.8 Å². The van der Waals surface area contributed by atoms with E-state index in [0.29, 0.717) is 5.52 Å². The highest BCUT2D eigenvalue weighted by Gasteiger charge is 2.19. The van der Waals surface area contributed by atoms with Gasteiger partial charge in [0.25, 0.3) is 5.56 Å². The molecule has 7 heteroatoms. The summed E-state index contributed by atoms with van der Waals surface area (Å²) in [7, 11) is 0. The van der Waals surface area contributed by atoms with Gasteiger partial charge in [-0.3, -0.25) is 9.59 Å². The van der Waals surface area contributed by atoms with Gasteiger partial charge in [-0.05, 0) is 38.8 Å². The van der Waals surface area contributed by atoms with Gasteiger partial charge >= 0.3 is 0 Å². The molecule has 4 rings (SSSR count). The zero-order valence-electron chi connectivity index (χ0n) is 17.7. The number of carbonyl (C=O) groups excluding carboxylic acids is 1. The summed E-state index contributed by atoms with van der Waals surface area (Å²) in [4.78, 5) is 25.4. The largest absolute Gasteiger partial charge is 0.353 e. The number of nitrogens with zero attached hydrogens (tertiary/aromatic N) is 4. The molecule has 0 spiro atoms. The van der Waals surface area contributed by atoms with E-state index in [1.165, 1.54) is 30.4 Å². The van der Waals surface area contributed by atoms with Crippen molar-refractivity contribution in [2.45, 2.75) is 71.4 Å². The van der Waals surface area contributed by atoms with Crippen LogP contribution in [-0.2, 0) is 11.3 Å². The number of aryl methyl sites for hydroxylation is 3. The van der Waals surface area contributed by atoms with Crippen molar-refractivity contribution in [2.24, 2.45) is 0 Å². The first-order chi connectivity index (χ1) is 14.5. The first-order valence-electron chi connectivity index (χ1n) is 10.9. The van der Waals surface area contributed by atoms with E-state index in [9.17, 15) is 9.59 Å². The summed E-state index contributed by atoms with van der Waals surface area (Å²) in [5.74, 6) is -0.0145. The van der Waals surface area contributed by atoms with E-state index >= 15 is 0 Å². The highest BCUT2D eigenvalue weighted by molar-refractivity contribution is 5.83. The number of nitrogens with one attached hydrogen (secondary N) is 1. The van der Waals surface area contributed by atoms with Crippen molar-refractivity contribution in [3.63, 3.8) is 0 Å². The zero-order chi connectivity index (χ0) is 21.1. The third-order valence-corrected chi connectivity index (χ3v) is 5.96. The summed E-state index contributed by atoms with van der Waals surface area (Å²) in [5, 5.41) is 13.0. The van der Waals surface area contributed by atoms with Gasteiger partial charge in [0.1, 0.15) is 0 Å². The lowest BCUT2D eigenvalue weighted by atomic mass is 10.1. The molecule has 0 aliphatic heterocycles. The lowest BCUT2D eigenvalue weighted by Gasteiger charge is -2.16. The Hall–Kier alpha value is -2.96. The fourth-order valence-corrected chi connectivity index (χ4v) is 4.39. The molecule has 0 bridgehead atoms. The smallest absolute Gasteiger partial charge is 0.295 e. The molecule has 158 valence electrons. The molecule has 2 heterocycles. The molecule has 1 saturated carbocycles. The van der Waals surface area contributed by atoms with Gasteiger partial charge in [0.15, 0.2) is 5.52 Å². The van der Waals surface area contributed by atoms with E-state index in [-0.39, 0.29) is 30.5 Å². The van der Waals surface area contributed by atoms with Crippen molar-refractivity contribution in [3.05, 3.63) is 52.1 Å². The second-order valence-corrected chi connectivity index (χ2v) is 8.18. The molecule has 1 N–H and O–H groups in total. The lowest BCUT2D eigenvalue weighted by molar-refractivity contribution is -0.122. The summed E-state index contributed by atoms with van der Waals surface area (Å²) in [6.07, 6.45) is 7.18. The van der Waals surface area contributed by atoms with Gasteiger partial charge in [-0.2, -0.15) is 10.2 Å². The monoisotopic (exact) mass is 407 g/mol. The Morgan fingerprint density at radius 1 is 1.07 bits per heavy atom. The maximum absolute atomic E-state index is 13.0. The first-order valence-corrected chi connectivity index (χ1v) is 10.9. The number of rotatable bonds is 5. The van der Waals surface area contributed by atoms with Crippen LogP contribution in [0.3, 0.4) is 0 Å². The second kappa shape index (κ2) is 8.81. The number of fused-ring (bicyclic) bond motifs is 1. The number of hydrogen-bond donors (Lipinski definition) is 1. The Balaban J connectivity index is 1.54. The number of hydrogen-bond acceptors (Lipinski definition) is 4. The van der Waals surface area contributed by atoms with Gasteiger partial charge in [-0.1, -0.05) is 43.9 Å². The predicted octanol–water partition coefficient (Wildman–Crippen LogP) is 3.43. The minimum Gasteiger partial charge on any atom is -0.353 e. The van der Waals surface area contributed by atoms with E-state index in [0.717, 1.165) is 35.3 Å². The summed E-state index contributed by atoms with van der Waals surface area (Å²) in [6.45, 7) is 4.08. The number of carbonyl (C=O) groups is 1. The number of benzene rings is 1. The molecule has 1 fully saturated rings. The van der Waals surface area contributed by atoms with Gasteiger partial charge in [0.2, 0.25) is 5.91 Å². The Labute approximate surface area is 176 Å². The highest BCUT2D eigenvalue weighted by Crippen LogP contribution is 2.21. The lowest BCUT2D eigenvalue weighted by Crippen LogP contribution is -2.36. The molecule has 2 aromatic heterocycles. The summed E-state index contributed by atoms with van der Waals surface area (Å²) < 4.78 is 3.16. The molecular weight excluding hydrogens is 378 g/mol. The molecule has 1 aliphatic carbocycles. The SMILES string of the molecule is Cc1nn(CCC(=O)NC2CCCCCC2)c(=O)c2nn(-c3ccccc3)c(C)c12. The topological polar surface area (TPSA) is 81.8 Å². The van der Waals surface area contributed by atoms with Crippen LogP contribution in [0.1, 0.15) is 56.3 Å². The van der Waals surface area contributed by atoms with Crippen LogP contribution in [0.5, 0.6) is 0 Å². The van der Waals surface area contributed by atoms with Crippen molar-refractivity contribution in [1.29, 1.82) is 0 Å². The third kappa shape index (κ3) is 4.15. The quantitative estimate of drug-likeness (QED) is 0.657. The van der Waals surface area contributed by atoms with Gasteiger partial charge in [0, 0.05) is 12.5 Å². The van der Waals surface area contributed by atoms with Crippen LogP contribution in [0.4, 0.5) is 0 Å². The molecule has 0 atom stereocenters. The molecular formula is C23H29N5O2. The van der Waals surface area contributed by atoms with Crippen LogP contribution in [0.15, 0.2) is 35.1 Å². The second-order valence-electron chi connectivity index (χ2n) is 8.18. The molecule has 7 nitrogen and oxygen atoms in total. The Morgan fingerprint density at radius 3 is 2.47 bits per heavy atom. The van der Waals surface area contributed by atoms with Crippen LogP contribution in [-0.4, -0.2) is 31.5 Å². The van der Waals surface area contributed by atoms with E-state index < -0.39 is 0 Å². The summed E-state index contributed by atoms with van der Waals surface area (Å²) in [5.41, 5.74) is 2.67. The predicted molar refractivity (Wildman–Crippen MR) is 117 cm³/mol. The van der Waals surface area contributed by atoms with Crippen molar-refractivity contribution in [1.82, 2.24) is 24.9 Å². The fraction of sp³-hybridized carbons (Fsp3) is 0.478. The molecule has 0 radical (unpaired) electrons. The molecule has 3 aromatic rings. The average molecular weight is 408 g/mol. The van der Waals surface area contributed by atoms with Crippen molar-refractivity contribution in [3.8, 4) is 5.69 Å². The van der Waals surface area contributed by atoms with Crippen LogP contribution in [0.25, 0.3) is 16.6 Å². The van der Waals surface area contributed by atoms with Crippen LogP contribution in [0, 0.1) is 13.8 Å². The molecule has 1 aromatic carbocycles. The van der Waals surface area contributed by atoms with Gasteiger partial charge in [-0.15, -0.1) is 0 Å². The van der Waals surface area contributed by atoms with Crippen LogP contribution >= 0.6 is 0 Å². The maximum atomic E-state index is 13.0. The standard InChI is InChI=1S/C23H29N5O2/c1-16-21-17(2)28(19-12-8-5-9-13-19)26-22(21)23(30)27(25-16)15-14-20(29)24-18-10-6-3-4-7-11-18/h5,8-9,12-13,18H,3-4,6-7,10-11,14-15H2,1-2H3,(H,24,29). The maximum Gasteiger partial charge on any atom is 0.295 e. The number of para-hydroxylation sites is 1. The Bertz CT molecular complexity index is 1090. The fourth-order valence-electron chi connectivity index (χ4n) is 4.39. The molecule has 0 saturated heterocycles. The zero-order valence-corrected chi connectivity index (χ0v) is 17.7. The minimum absolute atomic E-state index is 0.0145. The Morgan fingerprint density at radius 2 is 1.77 bits per heavy atom. The highest BCUT2D eigenvalue weighted by atomic mass is 16.2. The number of amides is 1. The van der Waals surface area contributed by atoms with Gasteiger partial charge < -0.3 is 5.32 Å². The van der Waals surface area contributed by atoms with E-state index in [2.05, 4.69) is 15.5 Å². The van der Waals surface area contributed by atoms with Crippen molar-refractivity contribution in [2.75, 3.05) is 0 Å². The minimum atomic E-state index is -0.254. The van der Waals surface area contributed by atoms with Crippen LogP contribution in [0.2, 0.25) is 0 Å². The first kappa shape index (κ1) is 20.3. The summed E-state index contributed by atoms with van der Waals surface area (Å²) in [6, 6.07) is 10.0. The van der Waals surface area contributed by atoms with E-state index in [4.69, 9.17) is 0 Å². The normalized spacial score (nSPS) is 15.3.